The molecule has 23 heavy (non-hydrogen) atoms. The van der Waals surface area contributed by atoms with Gasteiger partial charge in [0.2, 0.25) is 10.0 Å². The molecule has 0 spiro atoms. The van der Waals surface area contributed by atoms with Crippen molar-refractivity contribution >= 4 is 10.0 Å². The Bertz CT molecular complexity index is 652. The van der Waals surface area contributed by atoms with Crippen molar-refractivity contribution in [3.05, 3.63) is 29.8 Å². The van der Waals surface area contributed by atoms with Crippen molar-refractivity contribution in [1.82, 2.24) is 9.21 Å². The van der Waals surface area contributed by atoms with E-state index >= 15 is 0 Å². The minimum Gasteiger partial charge on any atom is -0.379 e. The number of likely N-dealkylation sites (tertiary alicyclic amines) is 1. The number of hydrogen-bond acceptors (Lipinski definition) is 4. The SMILES string of the molecule is CC1(C)CCN(Cc2cccc(S(=O)(=O)N3CCOCC3)c2)C1. The van der Waals surface area contributed by atoms with Gasteiger partial charge >= 0.3 is 0 Å². The Morgan fingerprint density at radius 3 is 2.57 bits per heavy atom. The number of rotatable bonds is 4. The van der Waals surface area contributed by atoms with E-state index in [0.29, 0.717) is 36.6 Å². The fourth-order valence-electron chi connectivity index (χ4n) is 3.36. The number of benzene rings is 1. The van der Waals surface area contributed by atoms with E-state index in [4.69, 9.17) is 4.74 Å². The van der Waals surface area contributed by atoms with Crippen LogP contribution in [0.15, 0.2) is 29.2 Å². The summed E-state index contributed by atoms with van der Waals surface area (Å²) in [5.74, 6) is 0. The summed E-state index contributed by atoms with van der Waals surface area (Å²) < 4.78 is 32.2. The Balaban J connectivity index is 1.74. The van der Waals surface area contributed by atoms with E-state index in [0.717, 1.165) is 25.2 Å². The second-order valence-electron chi connectivity index (χ2n) is 7.29. The fourth-order valence-corrected chi connectivity index (χ4v) is 4.84. The van der Waals surface area contributed by atoms with Gasteiger partial charge in [-0.15, -0.1) is 0 Å². The smallest absolute Gasteiger partial charge is 0.243 e. The molecule has 1 aromatic carbocycles. The van der Waals surface area contributed by atoms with Crippen LogP contribution in [0.5, 0.6) is 0 Å². The molecule has 3 rings (SSSR count). The van der Waals surface area contributed by atoms with Gasteiger partial charge in [-0.1, -0.05) is 26.0 Å². The summed E-state index contributed by atoms with van der Waals surface area (Å²) in [6.45, 7) is 9.35. The molecule has 0 aromatic heterocycles. The van der Waals surface area contributed by atoms with Crippen molar-refractivity contribution < 1.29 is 13.2 Å². The molecule has 0 atom stereocenters. The summed E-state index contributed by atoms with van der Waals surface area (Å²) in [5, 5.41) is 0. The molecule has 0 unspecified atom stereocenters. The number of sulfonamides is 1. The number of nitrogens with zero attached hydrogens (tertiary/aromatic N) is 2. The zero-order chi connectivity index (χ0) is 16.5. The average Bonchev–Trinajstić information content (AvgIpc) is 2.87. The highest BCUT2D eigenvalue weighted by molar-refractivity contribution is 7.89. The second-order valence-corrected chi connectivity index (χ2v) is 9.23. The van der Waals surface area contributed by atoms with E-state index in [1.165, 1.54) is 10.7 Å². The summed E-state index contributed by atoms with van der Waals surface area (Å²) in [6.07, 6.45) is 1.19. The average molecular weight is 338 g/mol. The van der Waals surface area contributed by atoms with E-state index in [1.54, 1.807) is 6.07 Å². The number of morpholine rings is 1. The first-order valence-corrected chi connectivity index (χ1v) is 9.70. The first-order chi connectivity index (χ1) is 10.9. The van der Waals surface area contributed by atoms with Crippen LogP contribution in [0.3, 0.4) is 0 Å². The highest BCUT2D eigenvalue weighted by Gasteiger charge is 2.30. The molecule has 6 heteroatoms. The number of hydrogen-bond donors (Lipinski definition) is 0. The van der Waals surface area contributed by atoms with E-state index < -0.39 is 10.0 Å². The molecule has 5 nitrogen and oxygen atoms in total. The van der Waals surface area contributed by atoms with Crippen LogP contribution in [-0.4, -0.2) is 57.0 Å². The minimum absolute atomic E-state index is 0.359. The quantitative estimate of drug-likeness (QED) is 0.842. The van der Waals surface area contributed by atoms with Gasteiger partial charge in [0, 0.05) is 26.2 Å². The minimum atomic E-state index is -3.41. The van der Waals surface area contributed by atoms with Gasteiger partial charge in [-0.2, -0.15) is 4.31 Å². The molecule has 0 radical (unpaired) electrons. The van der Waals surface area contributed by atoms with Crippen molar-refractivity contribution in [2.75, 3.05) is 39.4 Å². The van der Waals surface area contributed by atoms with Crippen molar-refractivity contribution in [1.29, 1.82) is 0 Å². The van der Waals surface area contributed by atoms with Crippen LogP contribution in [-0.2, 0) is 21.3 Å². The molecule has 2 fully saturated rings. The Morgan fingerprint density at radius 2 is 1.91 bits per heavy atom. The molecule has 2 aliphatic rings. The van der Waals surface area contributed by atoms with Gasteiger partial charge in [0.1, 0.15) is 0 Å². The lowest BCUT2D eigenvalue weighted by Crippen LogP contribution is -2.40. The van der Waals surface area contributed by atoms with E-state index in [9.17, 15) is 8.42 Å². The summed E-state index contributed by atoms with van der Waals surface area (Å²) in [6, 6.07) is 7.39. The van der Waals surface area contributed by atoms with Gasteiger partial charge in [0.05, 0.1) is 18.1 Å². The zero-order valence-electron chi connectivity index (χ0n) is 14.0. The summed E-state index contributed by atoms with van der Waals surface area (Å²) >= 11 is 0. The van der Waals surface area contributed by atoms with E-state index in [-0.39, 0.29) is 0 Å². The molecule has 2 aliphatic heterocycles. The lowest BCUT2D eigenvalue weighted by Gasteiger charge is -2.26. The molecule has 0 aliphatic carbocycles. The first kappa shape index (κ1) is 16.9. The van der Waals surface area contributed by atoms with Crippen LogP contribution in [0.1, 0.15) is 25.8 Å². The fraction of sp³-hybridized carbons (Fsp3) is 0.647. The Morgan fingerprint density at radius 1 is 1.17 bits per heavy atom. The molecule has 1 aromatic rings. The lowest BCUT2D eigenvalue weighted by atomic mass is 9.93. The molecule has 2 heterocycles. The van der Waals surface area contributed by atoms with Gasteiger partial charge < -0.3 is 4.74 Å². The molecule has 0 bridgehead atoms. The molecular formula is C17H26N2O3S. The van der Waals surface area contributed by atoms with Crippen molar-refractivity contribution in [2.45, 2.75) is 31.7 Å². The predicted octanol–water partition coefficient (Wildman–Crippen LogP) is 1.94. The maximum atomic E-state index is 12.7. The third-order valence-corrected chi connectivity index (χ3v) is 6.56. The van der Waals surface area contributed by atoms with Crippen LogP contribution in [0.2, 0.25) is 0 Å². The maximum absolute atomic E-state index is 12.7. The predicted molar refractivity (Wildman–Crippen MR) is 89.7 cm³/mol. The second kappa shape index (κ2) is 6.51. The molecule has 2 saturated heterocycles. The Hall–Kier alpha value is -0.950. The topological polar surface area (TPSA) is 49.9 Å². The van der Waals surface area contributed by atoms with Gasteiger partial charge in [-0.3, -0.25) is 4.90 Å². The van der Waals surface area contributed by atoms with Crippen molar-refractivity contribution in [3.63, 3.8) is 0 Å². The van der Waals surface area contributed by atoms with Crippen LogP contribution in [0.25, 0.3) is 0 Å². The van der Waals surface area contributed by atoms with Crippen LogP contribution in [0, 0.1) is 5.41 Å². The van der Waals surface area contributed by atoms with Gasteiger partial charge in [0.25, 0.3) is 0 Å². The molecule has 128 valence electrons. The normalized spacial score (nSPS) is 23.2. The maximum Gasteiger partial charge on any atom is 0.243 e. The van der Waals surface area contributed by atoms with Gasteiger partial charge in [-0.05, 0) is 36.1 Å². The summed E-state index contributed by atoms with van der Waals surface area (Å²) in [4.78, 5) is 2.80. The van der Waals surface area contributed by atoms with Gasteiger partial charge in [-0.25, -0.2) is 8.42 Å². The third-order valence-electron chi connectivity index (χ3n) is 4.67. The standard InChI is InChI=1S/C17H26N2O3S/c1-17(2)6-7-18(14-17)13-15-4-3-5-16(12-15)23(20,21)19-8-10-22-11-9-19/h3-5,12H,6-11,13-14H2,1-2H3. The van der Waals surface area contributed by atoms with E-state index in [2.05, 4.69) is 18.7 Å². The largest absolute Gasteiger partial charge is 0.379 e. The van der Waals surface area contributed by atoms with E-state index in [1.807, 2.05) is 18.2 Å². The van der Waals surface area contributed by atoms with Crippen LogP contribution < -0.4 is 0 Å². The van der Waals surface area contributed by atoms with Crippen LogP contribution in [0.4, 0.5) is 0 Å². The molecule has 0 N–H and O–H groups in total. The highest BCUT2D eigenvalue weighted by Crippen LogP contribution is 2.30. The van der Waals surface area contributed by atoms with Crippen LogP contribution >= 0.6 is 0 Å². The van der Waals surface area contributed by atoms with Crippen molar-refractivity contribution in [3.8, 4) is 0 Å². The van der Waals surface area contributed by atoms with Crippen molar-refractivity contribution in [2.24, 2.45) is 5.41 Å². The van der Waals surface area contributed by atoms with Gasteiger partial charge in [0.15, 0.2) is 0 Å². The summed E-state index contributed by atoms with van der Waals surface area (Å²) in [7, 11) is -3.41. The monoisotopic (exact) mass is 338 g/mol. The lowest BCUT2D eigenvalue weighted by molar-refractivity contribution is 0.0730. The molecule has 0 amide bonds. The molecule has 0 saturated carbocycles. The summed E-state index contributed by atoms with van der Waals surface area (Å²) in [5.41, 5.74) is 1.43. The molecular weight excluding hydrogens is 312 g/mol. The Labute approximate surface area is 139 Å². The zero-order valence-corrected chi connectivity index (χ0v) is 14.8. The first-order valence-electron chi connectivity index (χ1n) is 8.26. The third kappa shape index (κ3) is 3.94. The highest BCUT2D eigenvalue weighted by atomic mass is 32.2. The number of ether oxygens (including phenoxy) is 1. The Kier molecular flexibility index (Phi) is 4.78.